The van der Waals surface area contributed by atoms with Crippen LogP contribution in [0.4, 0.5) is 11.4 Å². The van der Waals surface area contributed by atoms with Crippen molar-refractivity contribution in [2.24, 2.45) is 0 Å². The van der Waals surface area contributed by atoms with Gasteiger partial charge in [-0.15, -0.1) is 0 Å². The van der Waals surface area contributed by atoms with E-state index in [4.69, 9.17) is 10.5 Å². The van der Waals surface area contributed by atoms with Gasteiger partial charge < -0.3 is 15.8 Å². The van der Waals surface area contributed by atoms with Gasteiger partial charge in [-0.05, 0) is 31.2 Å². The summed E-state index contributed by atoms with van der Waals surface area (Å²) in [6.45, 7) is 0. The lowest BCUT2D eigenvalue weighted by molar-refractivity contribution is 0.0602. The fourth-order valence-corrected chi connectivity index (χ4v) is 3.66. The van der Waals surface area contributed by atoms with Gasteiger partial charge in [0.2, 0.25) is 0 Å². The Kier molecular flexibility index (Phi) is 5.17. The number of anilines is 2. The minimum absolute atomic E-state index is 0.392. The molecule has 2 rings (SSSR count). The number of nitrogens with two attached hydrogens (primary N) is 1. The number of para-hydroxylation sites is 1. The number of carbonyl (C=O) groups is 1. The van der Waals surface area contributed by atoms with E-state index in [-0.39, 0.29) is 0 Å². The average Bonchev–Trinajstić information content (AvgIpc) is 2.49. The lowest BCUT2D eigenvalue weighted by Crippen LogP contribution is -2.34. The predicted molar refractivity (Wildman–Crippen MR) is 85.4 cm³/mol. The smallest absolute Gasteiger partial charge is 0.340 e. The van der Waals surface area contributed by atoms with Crippen molar-refractivity contribution in [2.45, 2.75) is 37.0 Å². The Morgan fingerprint density at radius 2 is 2.15 bits per heavy atom. The van der Waals surface area contributed by atoms with Gasteiger partial charge in [0.15, 0.2) is 0 Å². The number of carbonyl (C=O) groups excluding carboxylic acids is 1. The fraction of sp³-hybridized carbons (Fsp3) is 0.533. The molecule has 20 heavy (non-hydrogen) atoms. The van der Waals surface area contributed by atoms with Gasteiger partial charge in [-0.25, -0.2) is 4.79 Å². The summed E-state index contributed by atoms with van der Waals surface area (Å²) in [7, 11) is 1.37. The summed E-state index contributed by atoms with van der Waals surface area (Å²) in [5.74, 6) is -0.392. The second-order valence-corrected chi connectivity index (χ2v) is 6.14. The SMILES string of the molecule is COC(=O)c1cccc(NC2CCCCC2SC)c1N. The molecule has 0 bridgehead atoms. The van der Waals surface area contributed by atoms with Crippen LogP contribution < -0.4 is 11.1 Å². The molecule has 0 aromatic heterocycles. The number of nitrogen functional groups attached to an aromatic ring is 1. The first-order valence-electron chi connectivity index (χ1n) is 6.93. The monoisotopic (exact) mass is 294 g/mol. The van der Waals surface area contributed by atoms with E-state index in [0.29, 0.717) is 22.5 Å². The van der Waals surface area contributed by atoms with E-state index in [9.17, 15) is 4.79 Å². The highest BCUT2D eigenvalue weighted by atomic mass is 32.2. The van der Waals surface area contributed by atoms with Crippen LogP contribution in [0.15, 0.2) is 18.2 Å². The normalized spacial score (nSPS) is 22.3. The first kappa shape index (κ1) is 15.0. The van der Waals surface area contributed by atoms with Crippen molar-refractivity contribution in [3.05, 3.63) is 23.8 Å². The summed E-state index contributed by atoms with van der Waals surface area (Å²) >= 11 is 1.90. The number of hydrogen-bond donors (Lipinski definition) is 2. The van der Waals surface area contributed by atoms with E-state index in [1.165, 1.54) is 26.4 Å². The zero-order valence-electron chi connectivity index (χ0n) is 12.0. The second-order valence-electron chi connectivity index (χ2n) is 5.07. The highest BCUT2D eigenvalue weighted by molar-refractivity contribution is 7.99. The third kappa shape index (κ3) is 3.20. The van der Waals surface area contributed by atoms with Crippen LogP contribution in [0.5, 0.6) is 0 Å². The molecule has 1 saturated carbocycles. The lowest BCUT2D eigenvalue weighted by Gasteiger charge is -2.32. The standard InChI is InChI=1S/C15H22N2O2S/c1-19-15(18)10-6-5-8-12(14(10)16)17-11-7-3-4-9-13(11)20-2/h5-6,8,11,13,17H,3-4,7,9,16H2,1-2H3. The van der Waals surface area contributed by atoms with Gasteiger partial charge in [0, 0.05) is 11.3 Å². The maximum atomic E-state index is 11.7. The molecule has 2 unspecified atom stereocenters. The van der Waals surface area contributed by atoms with Crippen LogP contribution in [0.2, 0.25) is 0 Å². The van der Waals surface area contributed by atoms with Gasteiger partial charge in [0.25, 0.3) is 0 Å². The summed E-state index contributed by atoms with van der Waals surface area (Å²) in [4.78, 5) is 11.7. The van der Waals surface area contributed by atoms with Crippen molar-refractivity contribution in [1.82, 2.24) is 0 Å². The number of methoxy groups -OCH3 is 1. The topological polar surface area (TPSA) is 64.3 Å². The first-order chi connectivity index (χ1) is 9.67. The molecule has 0 heterocycles. The van der Waals surface area contributed by atoms with Crippen LogP contribution in [-0.4, -0.2) is 30.6 Å². The third-order valence-electron chi connectivity index (χ3n) is 3.86. The molecule has 2 atom stereocenters. The van der Waals surface area contributed by atoms with Crippen LogP contribution in [0.1, 0.15) is 36.0 Å². The number of ether oxygens (including phenoxy) is 1. The van der Waals surface area contributed by atoms with E-state index < -0.39 is 5.97 Å². The Bertz CT molecular complexity index is 479. The van der Waals surface area contributed by atoms with Gasteiger partial charge >= 0.3 is 5.97 Å². The molecule has 0 amide bonds. The summed E-state index contributed by atoms with van der Waals surface area (Å²) in [6.07, 6.45) is 7.06. The maximum absolute atomic E-state index is 11.7. The highest BCUT2D eigenvalue weighted by Crippen LogP contribution is 2.32. The largest absolute Gasteiger partial charge is 0.465 e. The molecule has 1 aliphatic carbocycles. The van der Waals surface area contributed by atoms with Crippen molar-refractivity contribution in [2.75, 3.05) is 24.4 Å². The highest BCUT2D eigenvalue weighted by Gasteiger charge is 2.25. The van der Waals surface area contributed by atoms with Gasteiger partial charge in [-0.2, -0.15) is 11.8 Å². The Hall–Kier alpha value is -1.36. The molecule has 5 heteroatoms. The van der Waals surface area contributed by atoms with E-state index in [1.807, 2.05) is 23.9 Å². The zero-order valence-corrected chi connectivity index (χ0v) is 12.8. The van der Waals surface area contributed by atoms with E-state index in [0.717, 1.165) is 12.1 Å². The van der Waals surface area contributed by atoms with Crippen molar-refractivity contribution >= 4 is 29.1 Å². The average molecular weight is 294 g/mol. The first-order valence-corrected chi connectivity index (χ1v) is 8.22. The molecule has 1 aliphatic rings. The summed E-state index contributed by atoms with van der Waals surface area (Å²) in [5, 5.41) is 4.12. The van der Waals surface area contributed by atoms with E-state index in [2.05, 4.69) is 11.6 Å². The summed E-state index contributed by atoms with van der Waals surface area (Å²) in [6, 6.07) is 5.86. The van der Waals surface area contributed by atoms with Crippen LogP contribution in [-0.2, 0) is 4.74 Å². The lowest BCUT2D eigenvalue weighted by atomic mass is 9.94. The molecule has 110 valence electrons. The van der Waals surface area contributed by atoms with Crippen molar-refractivity contribution in [3.63, 3.8) is 0 Å². The quantitative estimate of drug-likeness (QED) is 0.660. The summed E-state index contributed by atoms with van der Waals surface area (Å²) in [5.41, 5.74) is 7.83. The molecular weight excluding hydrogens is 272 g/mol. The van der Waals surface area contributed by atoms with E-state index in [1.54, 1.807) is 6.07 Å². The minimum Gasteiger partial charge on any atom is -0.465 e. The predicted octanol–water partition coefficient (Wildman–Crippen LogP) is 3.14. The fourth-order valence-electron chi connectivity index (χ4n) is 2.72. The molecule has 1 fully saturated rings. The van der Waals surface area contributed by atoms with Gasteiger partial charge in [-0.1, -0.05) is 18.9 Å². The molecular formula is C15H22N2O2S. The minimum atomic E-state index is -0.392. The van der Waals surface area contributed by atoms with Gasteiger partial charge in [0.1, 0.15) is 0 Å². The molecule has 0 aliphatic heterocycles. The number of nitrogens with one attached hydrogen (secondary N) is 1. The number of esters is 1. The Morgan fingerprint density at radius 3 is 2.85 bits per heavy atom. The molecule has 0 radical (unpaired) electrons. The molecule has 0 saturated heterocycles. The number of rotatable bonds is 4. The third-order valence-corrected chi connectivity index (χ3v) is 5.03. The molecule has 1 aromatic rings. The number of hydrogen-bond acceptors (Lipinski definition) is 5. The van der Waals surface area contributed by atoms with Gasteiger partial charge in [-0.3, -0.25) is 0 Å². The Labute approximate surface area is 124 Å². The molecule has 1 aromatic carbocycles. The van der Waals surface area contributed by atoms with Crippen LogP contribution in [0, 0.1) is 0 Å². The Balaban J connectivity index is 2.18. The molecule has 0 spiro atoms. The van der Waals surface area contributed by atoms with E-state index >= 15 is 0 Å². The molecule has 4 nitrogen and oxygen atoms in total. The van der Waals surface area contributed by atoms with Gasteiger partial charge in [0.05, 0.1) is 24.0 Å². The summed E-state index contributed by atoms with van der Waals surface area (Å²) < 4.78 is 4.75. The van der Waals surface area contributed by atoms with Crippen LogP contribution >= 0.6 is 11.8 Å². The zero-order chi connectivity index (χ0) is 14.5. The van der Waals surface area contributed by atoms with Crippen LogP contribution in [0.25, 0.3) is 0 Å². The number of benzene rings is 1. The van der Waals surface area contributed by atoms with Crippen molar-refractivity contribution < 1.29 is 9.53 Å². The van der Waals surface area contributed by atoms with Crippen molar-refractivity contribution in [3.8, 4) is 0 Å². The van der Waals surface area contributed by atoms with Crippen LogP contribution in [0.3, 0.4) is 0 Å². The molecule has 3 N–H and O–H groups in total. The number of thioether (sulfide) groups is 1. The van der Waals surface area contributed by atoms with Crippen molar-refractivity contribution in [1.29, 1.82) is 0 Å². The maximum Gasteiger partial charge on any atom is 0.340 e. The second kappa shape index (κ2) is 6.88. The Morgan fingerprint density at radius 1 is 1.40 bits per heavy atom.